The van der Waals surface area contributed by atoms with Crippen LogP contribution in [0.5, 0.6) is 0 Å². The molecule has 0 unspecified atom stereocenters. The van der Waals surface area contributed by atoms with Crippen LogP contribution in [0.4, 0.5) is 0 Å². The highest BCUT2D eigenvalue weighted by Crippen LogP contribution is 2.20. The second kappa shape index (κ2) is 17.9. The third-order valence-corrected chi connectivity index (χ3v) is 9.78. The molecule has 15 heteroatoms. The number of carbonyl (C=O) groups excluding carboxylic acids is 6. The van der Waals surface area contributed by atoms with Gasteiger partial charge in [0.1, 0.15) is 24.2 Å². The second-order valence-electron chi connectivity index (χ2n) is 12.7. The van der Waals surface area contributed by atoms with Crippen LogP contribution in [-0.4, -0.2) is 101 Å². The van der Waals surface area contributed by atoms with Crippen LogP contribution in [0.1, 0.15) is 50.0 Å². The molecule has 2 aromatic carbocycles. The van der Waals surface area contributed by atoms with Crippen LogP contribution in [0.2, 0.25) is 0 Å². The maximum Gasteiger partial charge on any atom is 0.254 e. The quantitative estimate of drug-likeness (QED) is 0.245. The first kappa shape index (κ1) is 38.3. The van der Waals surface area contributed by atoms with Gasteiger partial charge in [-0.15, -0.1) is 11.3 Å². The fourth-order valence-electron chi connectivity index (χ4n) is 5.53. The summed E-state index contributed by atoms with van der Waals surface area (Å²) in [6.45, 7) is 6.03. The number of nitrogens with zero attached hydrogens (tertiary/aromatic N) is 2. The third kappa shape index (κ3) is 10.5. The Bertz CT molecular complexity index is 1680. The van der Waals surface area contributed by atoms with E-state index < -0.39 is 72.2 Å². The number of hydrogen-bond donors (Lipinski definition) is 5. The molecule has 6 amide bonds. The Hall–Kier alpha value is -4.50. The van der Waals surface area contributed by atoms with Crippen LogP contribution in [-0.2, 0) is 30.4 Å². The van der Waals surface area contributed by atoms with Gasteiger partial charge in [0.25, 0.3) is 5.91 Å². The molecule has 3 aromatic rings. The van der Waals surface area contributed by atoms with E-state index in [-0.39, 0.29) is 12.5 Å². The van der Waals surface area contributed by atoms with E-state index >= 15 is 0 Å². The first-order chi connectivity index (χ1) is 23.9. The monoisotopic (exact) mass is 723 g/mol. The SMILES string of the molecule is CSCC[C@@H]1NC(=O)[C@H](C(C)C)NC(=O)[C@@H](C)NC(=O)CN(C(=O)c2ccc3scnc3c2)C[C@@H](Cc2ccccc2)NC(=O)[C@H](C)NC1=O. The average molecular weight is 724 g/mol. The summed E-state index contributed by atoms with van der Waals surface area (Å²) in [5.41, 5.74) is 3.49. The summed E-state index contributed by atoms with van der Waals surface area (Å²) < 4.78 is 0.896. The van der Waals surface area contributed by atoms with Gasteiger partial charge in [-0.1, -0.05) is 44.2 Å². The summed E-state index contributed by atoms with van der Waals surface area (Å²) in [6, 6.07) is 9.75. The largest absolute Gasteiger partial charge is 0.349 e. The molecule has 268 valence electrons. The lowest BCUT2D eigenvalue weighted by Crippen LogP contribution is -2.60. The van der Waals surface area contributed by atoms with E-state index in [0.29, 0.717) is 29.7 Å². The van der Waals surface area contributed by atoms with Gasteiger partial charge in [0, 0.05) is 12.1 Å². The fourth-order valence-corrected chi connectivity index (χ4v) is 6.66. The lowest BCUT2D eigenvalue weighted by atomic mass is 10.0. The number of nitrogens with one attached hydrogen (secondary N) is 5. The molecule has 5 N–H and O–H groups in total. The van der Waals surface area contributed by atoms with Gasteiger partial charge >= 0.3 is 0 Å². The van der Waals surface area contributed by atoms with E-state index in [1.165, 1.54) is 41.8 Å². The van der Waals surface area contributed by atoms with Crippen LogP contribution in [0.15, 0.2) is 54.0 Å². The molecule has 1 aromatic heterocycles. The molecule has 0 spiro atoms. The van der Waals surface area contributed by atoms with Crippen molar-refractivity contribution in [2.24, 2.45) is 5.92 Å². The van der Waals surface area contributed by atoms with Crippen molar-refractivity contribution < 1.29 is 28.8 Å². The van der Waals surface area contributed by atoms with Gasteiger partial charge in [-0.3, -0.25) is 28.8 Å². The number of benzene rings is 2. The van der Waals surface area contributed by atoms with Crippen LogP contribution in [0, 0.1) is 5.92 Å². The van der Waals surface area contributed by atoms with Gasteiger partial charge in [0.2, 0.25) is 29.5 Å². The Kier molecular flexibility index (Phi) is 13.7. The highest BCUT2D eigenvalue weighted by molar-refractivity contribution is 7.98. The molecule has 13 nitrogen and oxygen atoms in total. The van der Waals surface area contributed by atoms with Crippen LogP contribution in [0.25, 0.3) is 10.2 Å². The number of rotatable bonds is 7. The zero-order valence-corrected chi connectivity index (χ0v) is 30.5. The molecule has 2 heterocycles. The van der Waals surface area contributed by atoms with Gasteiger partial charge < -0.3 is 31.5 Å². The highest BCUT2D eigenvalue weighted by Gasteiger charge is 2.33. The topological polar surface area (TPSA) is 179 Å². The van der Waals surface area contributed by atoms with E-state index in [1.54, 1.807) is 37.6 Å². The number of thioether (sulfide) groups is 1. The van der Waals surface area contributed by atoms with Crippen molar-refractivity contribution in [1.82, 2.24) is 36.5 Å². The molecule has 4 rings (SSSR count). The summed E-state index contributed by atoms with van der Waals surface area (Å²) in [6.07, 6.45) is 2.48. The van der Waals surface area contributed by atoms with E-state index in [2.05, 4.69) is 31.6 Å². The van der Waals surface area contributed by atoms with Crippen LogP contribution in [0.3, 0.4) is 0 Å². The van der Waals surface area contributed by atoms with Gasteiger partial charge in [-0.2, -0.15) is 11.8 Å². The lowest BCUT2D eigenvalue weighted by molar-refractivity contribution is -0.135. The normalized spacial score (nSPS) is 23.3. The molecular formula is C35H45N7O6S2. The van der Waals surface area contributed by atoms with Gasteiger partial charge in [-0.05, 0) is 68.4 Å². The Morgan fingerprint density at radius 1 is 0.900 bits per heavy atom. The van der Waals surface area contributed by atoms with Crippen molar-refractivity contribution in [2.45, 2.75) is 70.7 Å². The zero-order chi connectivity index (χ0) is 36.4. The van der Waals surface area contributed by atoms with Gasteiger partial charge in [0.05, 0.1) is 28.3 Å². The van der Waals surface area contributed by atoms with Crippen molar-refractivity contribution in [2.75, 3.05) is 25.1 Å². The van der Waals surface area contributed by atoms with Crippen LogP contribution < -0.4 is 26.6 Å². The van der Waals surface area contributed by atoms with E-state index in [4.69, 9.17) is 0 Å². The molecular weight excluding hydrogens is 679 g/mol. The molecule has 0 radical (unpaired) electrons. The molecule has 50 heavy (non-hydrogen) atoms. The van der Waals surface area contributed by atoms with Crippen molar-refractivity contribution in [1.29, 1.82) is 0 Å². The summed E-state index contributed by atoms with van der Waals surface area (Å²) >= 11 is 2.94. The highest BCUT2D eigenvalue weighted by atomic mass is 32.2. The molecule has 1 aliphatic rings. The first-order valence-corrected chi connectivity index (χ1v) is 18.8. The molecule has 1 fully saturated rings. The molecule has 5 atom stereocenters. The zero-order valence-electron chi connectivity index (χ0n) is 28.9. The van der Waals surface area contributed by atoms with E-state index in [1.807, 2.05) is 36.6 Å². The molecule has 0 saturated carbocycles. The smallest absolute Gasteiger partial charge is 0.254 e. The van der Waals surface area contributed by atoms with E-state index in [0.717, 1.165) is 10.3 Å². The lowest BCUT2D eigenvalue weighted by Gasteiger charge is -2.31. The fraction of sp³-hybridized carbons (Fsp3) is 0.457. The Morgan fingerprint density at radius 3 is 2.30 bits per heavy atom. The number of thiazole rings is 1. The van der Waals surface area contributed by atoms with E-state index in [9.17, 15) is 28.8 Å². The minimum atomic E-state index is -1.06. The summed E-state index contributed by atoms with van der Waals surface area (Å²) in [7, 11) is 0. The Morgan fingerprint density at radius 2 is 1.60 bits per heavy atom. The van der Waals surface area contributed by atoms with Crippen molar-refractivity contribution in [3.63, 3.8) is 0 Å². The molecule has 0 aliphatic carbocycles. The standard InChI is InChI=1S/C35H45N7O6S2/c1-20(2)30-34(47)40-26(13-14-49-5)33(46)38-22(4)31(44)39-25(15-23-9-7-6-8-10-23)17-42(18-29(43)37-21(3)32(45)41-30)35(48)24-11-12-28-27(16-24)36-19-50-28/h6-12,16,19-22,25-26,30H,13-15,17-18H2,1-5H3,(H,37,43)(H,38,46)(H,39,44)(H,40,47)(H,41,45)/t21-,22+,25-,26+,30+/m1/s1. The predicted molar refractivity (Wildman–Crippen MR) is 195 cm³/mol. The molecule has 0 bridgehead atoms. The van der Waals surface area contributed by atoms with Crippen molar-refractivity contribution in [3.05, 3.63) is 65.2 Å². The number of carbonyl (C=O) groups is 6. The number of aromatic nitrogens is 1. The molecule has 1 saturated heterocycles. The van der Waals surface area contributed by atoms with Crippen molar-refractivity contribution in [3.8, 4) is 0 Å². The minimum Gasteiger partial charge on any atom is -0.349 e. The third-order valence-electron chi connectivity index (χ3n) is 8.32. The number of hydrogen-bond acceptors (Lipinski definition) is 9. The average Bonchev–Trinajstić information content (AvgIpc) is 3.56. The minimum absolute atomic E-state index is 0.0644. The number of amides is 6. The maximum atomic E-state index is 14.1. The van der Waals surface area contributed by atoms with Gasteiger partial charge in [0.15, 0.2) is 0 Å². The second-order valence-corrected chi connectivity index (χ2v) is 14.6. The van der Waals surface area contributed by atoms with Gasteiger partial charge in [-0.25, -0.2) is 4.98 Å². The van der Waals surface area contributed by atoms with Crippen molar-refractivity contribution >= 4 is 68.8 Å². The summed E-state index contributed by atoms with van der Waals surface area (Å²) in [5.74, 6) is -3.09. The maximum absolute atomic E-state index is 14.1. The Labute approximate surface area is 300 Å². The first-order valence-electron chi connectivity index (χ1n) is 16.5. The summed E-state index contributed by atoms with van der Waals surface area (Å²) in [4.78, 5) is 87.0. The predicted octanol–water partition coefficient (Wildman–Crippen LogP) is 1.87. The van der Waals surface area contributed by atoms with Crippen LogP contribution >= 0.6 is 23.1 Å². The summed E-state index contributed by atoms with van der Waals surface area (Å²) in [5, 5.41) is 13.8. The Balaban J connectivity index is 1.71. The number of fused-ring (bicyclic) bond motifs is 1. The molecule has 1 aliphatic heterocycles.